The van der Waals surface area contributed by atoms with Crippen LogP contribution in [0.3, 0.4) is 0 Å². The Bertz CT molecular complexity index is 226. The number of hydrogen-bond acceptors (Lipinski definition) is 5. The highest BCUT2D eigenvalue weighted by atomic mass is 32.1. The van der Waals surface area contributed by atoms with Gasteiger partial charge in [-0.15, -0.1) is 0 Å². The Hall–Kier alpha value is -0.400. The molecule has 1 amide bonds. The summed E-state index contributed by atoms with van der Waals surface area (Å²) >= 11 is 7.85. The number of carboxylic acids is 1. The van der Waals surface area contributed by atoms with Gasteiger partial charge in [-0.1, -0.05) is 6.92 Å². The summed E-state index contributed by atoms with van der Waals surface area (Å²) in [4.78, 5) is 22.1. The number of aliphatic carboxylic acids is 1. The molecular formula is C8H16N2O3S2. The molecule has 15 heavy (non-hydrogen) atoms. The highest BCUT2D eigenvalue weighted by Crippen LogP contribution is 1.93. The topological polar surface area (TPSA) is 78.4 Å². The van der Waals surface area contributed by atoms with Crippen LogP contribution in [-0.4, -0.2) is 47.1 Å². The van der Waals surface area contributed by atoms with Gasteiger partial charge in [-0.3, -0.25) is 4.79 Å². The predicted octanol–water partition coefficient (Wildman–Crippen LogP) is -0.607. The number of rotatable bonds is 7. The van der Waals surface area contributed by atoms with Gasteiger partial charge in [0.25, 0.3) is 0 Å². The van der Waals surface area contributed by atoms with Crippen molar-refractivity contribution in [2.75, 3.05) is 18.1 Å². The molecule has 7 heteroatoms. The van der Waals surface area contributed by atoms with Gasteiger partial charge in [-0.2, -0.15) is 25.3 Å². The van der Waals surface area contributed by atoms with Crippen molar-refractivity contribution >= 4 is 37.1 Å². The fourth-order valence-electron chi connectivity index (χ4n) is 0.944. The van der Waals surface area contributed by atoms with Crippen molar-refractivity contribution < 1.29 is 14.7 Å². The van der Waals surface area contributed by atoms with Crippen LogP contribution in [0.2, 0.25) is 0 Å². The molecule has 0 fully saturated rings. The second kappa shape index (κ2) is 7.84. The van der Waals surface area contributed by atoms with Crippen LogP contribution in [0.4, 0.5) is 0 Å². The van der Waals surface area contributed by atoms with Crippen LogP contribution in [0.15, 0.2) is 0 Å². The Labute approximate surface area is 99.8 Å². The van der Waals surface area contributed by atoms with Crippen molar-refractivity contribution in [2.24, 2.45) is 0 Å². The molecule has 0 aromatic carbocycles. The maximum Gasteiger partial charge on any atom is 0.327 e. The fourth-order valence-corrected chi connectivity index (χ4v) is 1.49. The molecule has 0 unspecified atom stereocenters. The Morgan fingerprint density at radius 2 is 1.80 bits per heavy atom. The number of amides is 1. The van der Waals surface area contributed by atoms with E-state index in [1.54, 1.807) is 0 Å². The number of carbonyl (C=O) groups excluding carboxylic acids is 1. The van der Waals surface area contributed by atoms with E-state index in [1.807, 2.05) is 6.92 Å². The predicted molar refractivity (Wildman–Crippen MR) is 64.7 cm³/mol. The number of carbonyl (C=O) groups is 2. The summed E-state index contributed by atoms with van der Waals surface area (Å²) in [6.45, 7) is 2.48. The Balaban J connectivity index is 4.24. The molecule has 0 bridgehead atoms. The van der Waals surface area contributed by atoms with Crippen LogP contribution in [0, 0.1) is 0 Å². The molecular weight excluding hydrogens is 236 g/mol. The van der Waals surface area contributed by atoms with Gasteiger partial charge >= 0.3 is 5.97 Å². The minimum absolute atomic E-state index is 0.0620. The third-order valence-electron chi connectivity index (χ3n) is 1.75. The number of likely N-dealkylation sites (N-methyl/N-ethyl adjacent to an activating group) is 1. The third-order valence-corrected chi connectivity index (χ3v) is 2.48. The zero-order valence-electron chi connectivity index (χ0n) is 8.43. The standard InChI is InChI=1S/C8H16N2O3S2/c1-2-9-5(3-14)7(11)10-6(4-15)8(12)13/h5-6,9,14-15H,2-4H2,1H3,(H,10,11)(H,12,13)/t5-,6-/m0/s1. The van der Waals surface area contributed by atoms with Gasteiger partial charge in [0.1, 0.15) is 6.04 Å². The van der Waals surface area contributed by atoms with Gasteiger partial charge in [0, 0.05) is 11.5 Å². The van der Waals surface area contributed by atoms with Crippen molar-refractivity contribution in [3.63, 3.8) is 0 Å². The van der Waals surface area contributed by atoms with Gasteiger partial charge in [0.15, 0.2) is 0 Å². The minimum atomic E-state index is -1.09. The largest absolute Gasteiger partial charge is 0.480 e. The van der Waals surface area contributed by atoms with E-state index < -0.39 is 18.1 Å². The molecule has 0 saturated heterocycles. The molecule has 0 radical (unpaired) electrons. The molecule has 3 N–H and O–H groups in total. The molecule has 0 aliphatic heterocycles. The highest BCUT2D eigenvalue weighted by Gasteiger charge is 2.22. The lowest BCUT2D eigenvalue weighted by Crippen LogP contribution is -2.51. The summed E-state index contributed by atoms with van der Waals surface area (Å²) in [7, 11) is 0. The van der Waals surface area contributed by atoms with Crippen molar-refractivity contribution in [2.45, 2.75) is 19.0 Å². The maximum absolute atomic E-state index is 11.5. The van der Waals surface area contributed by atoms with Gasteiger partial charge in [0.2, 0.25) is 5.91 Å². The molecule has 0 aromatic rings. The van der Waals surface area contributed by atoms with E-state index >= 15 is 0 Å². The first-order valence-corrected chi connectivity index (χ1v) is 5.81. The van der Waals surface area contributed by atoms with Gasteiger partial charge < -0.3 is 15.7 Å². The van der Waals surface area contributed by atoms with E-state index in [1.165, 1.54) is 0 Å². The summed E-state index contributed by atoms with van der Waals surface area (Å²) in [6, 6.07) is -1.43. The van der Waals surface area contributed by atoms with Crippen LogP contribution >= 0.6 is 25.3 Å². The lowest BCUT2D eigenvalue weighted by atomic mass is 10.2. The second-order valence-electron chi connectivity index (χ2n) is 2.87. The first kappa shape index (κ1) is 14.6. The van der Waals surface area contributed by atoms with E-state index in [-0.39, 0.29) is 11.7 Å². The average Bonchev–Trinajstić information content (AvgIpc) is 2.21. The van der Waals surface area contributed by atoms with E-state index in [2.05, 4.69) is 35.9 Å². The summed E-state index contributed by atoms with van der Waals surface area (Å²) < 4.78 is 0. The molecule has 5 nitrogen and oxygen atoms in total. The van der Waals surface area contributed by atoms with E-state index in [4.69, 9.17) is 5.11 Å². The van der Waals surface area contributed by atoms with Gasteiger partial charge in [-0.25, -0.2) is 4.79 Å². The van der Waals surface area contributed by atoms with Gasteiger partial charge in [0.05, 0.1) is 6.04 Å². The quantitative estimate of drug-likeness (QED) is 0.392. The number of hydrogen-bond donors (Lipinski definition) is 5. The first-order valence-electron chi connectivity index (χ1n) is 4.55. The van der Waals surface area contributed by atoms with Crippen LogP contribution in [-0.2, 0) is 9.59 Å². The molecule has 0 aliphatic rings. The van der Waals surface area contributed by atoms with Crippen molar-refractivity contribution in [3.8, 4) is 0 Å². The summed E-state index contributed by atoms with van der Waals surface area (Å²) in [5.41, 5.74) is 0. The molecule has 88 valence electrons. The van der Waals surface area contributed by atoms with Gasteiger partial charge in [-0.05, 0) is 6.54 Å². The lowest BCUT2D eigenvalue weighted by molar-refractivity contribution is -0.141. The van der Waals surface area contributed by atoms with Crippen LogP contribution in [0.1, 0.15) is 6.92 Å². The van der Waals surface area contributed by atoms with Crippen LogP contribution < -0.4 is 10.6 Å². The number of carboxylic acid groups (broad SMARTS) is 1. The Morgan fingerprint density at radius 1 is 1.27 bits per heavy atom. The third kappa shape index (κ3) is 5.29. The molecule has 2 atom stereocenters. The monoisotopic (exact) mass is 252 g/mol. The summed E-state index contributed by atoms with van der Waals surface area (Å²) in [5, 5.41) is 14.0. The average molecular weight is 252 g/mol. The van der Waals surface area contributed by atoms with E-state index in [0.29, 0.717) is 12.3 Å². The summed E-state index contributed by atoms with van der Waals surface area (Å²) in [6.07, 6.45) is 0. The fraction of sp³-hybridized carbons (Fsp3) is 0.750. The van der Waals surface area contributed by atoms with Crippen molar-refractivity contribution in [1.82, 2.24) is 10.6 Å². The highest BCUT2D eigenvalue weighted by molar-refractivity contribution is 7.80. The van der Waals surface area contributed by atoms with E-state index in [9.17, 15) is 9.59 Å². The SMILES string of the molecule is CCN[C@@H](CS)C(=O)N[C@@H](CS)C(=O)O. The zero-order valence-corrected chi connectivity index (χ0v) is 10.2. The normalized spacial score (nSPS) is 14.3. The van der Waals surface area contributed by atoms with Crippen LogP contribution in [0.25, 0.3) is 0 Å². The first-order chi connectivity index (χ1) is 7.06. The smallest absolute Gasteiger partial charge is 0.327 e. The lowest BCUT2D eigenvalue weighted by Gasteiger charge is -2.18. The van der Waals surface area contributed by atoms with Crippen LogP contribution in [0.5, 0.6) is 0 Å². The number of nitrogens with one attached hydrogen (secondary N) is 2. The molecule has 0 aliphatic carbocycles. The minimum Gasteiger partial charge on any atom is -0.480 e. The Kier molecular flexibility index (Phi) is 7.63. The van der Waals surface area contributed by atoms with Crippen molar-refractivity contribution in [1.29, 1.82) is 0 Å². The number of thiol groups is 2. The van der Waals surface area contributed by atoms with Crippen molar-refractivity contribution in [3.05, 3.63) is 0 Å². The van der Waals surface area contributed by atoms with E-state index in [0.717, 1.165) is 0 Å². The molecule has 0 rings (SSSR count). The molecule has 0 spiro atoms. The molecule has 0 saturated carbocycles. The second-order valence-corrected chi connectivity index (χ2v) is 3.61. The summed E-state index contributed by atoms with van der Waals surface area (Å²) in [5.74, 6) is -1.08. The maximum atomic E-state index is 11.5. The molecule has 0 aromatic heterocycles. The zero-order chi connectivity index (χ0) is 11.8. The molecule has 0 heterocycles. The Morgan fingerprint density at radius 3 is 2.13 bits per heavy atom.